The third-order valence-electron chi connectivity index (χ3n) is 2.52. The third-order valence-corrected chi connectivity index (χ3v) is 3.37. The van der Waals surface area contributed by atoms with E-state index in [0.29, 0.717) is 28.6 Å². The number of nitrogens with zero attached hydrogens (tertiary/aromatic N) is 1. The number of rotatable bonds is 4. The maximum absolute atomic E-state index is 11.3. The van der Waals surface area contributed by atoms with Gasteiger partial charge in [0.2, 0.25) is 0 Å². The highest BCUT2D eigenvalue weighted by Gasteiger charge is 2.07. The number of carbonyl (C=O) groups is 1. The second kappa shape index (κ2) is 6.72. The second-order valence-electron chi connectivity index (χ2n) is 3.89. The zero-order valence-electron chi connectivity index (χ0n) is 10.6. The van der Waals surface area contributed by atoms with Gasteiger partial charge in [0, 0.05) is 11.2 Å². The summed E-state index contributed by atoms with van der Waals surface area (Å²) in [6.45, 7) is 0.293. The monoisotopic (exact) mass is 355 g/mol. The van der Waals surface area contributed by atoms with Gasteiger partial charge in [-0.25, -0.2) is 4.79 Å². The van der Waals surface area contributed by atoms with E-state index in [2.05, 4.69) is 25.7 Å². The van der Waals surface area contributed by atoms with E-state index in [9.17, 15) is 4.79 Å². The van der Waals surface area contributed by atoms with Crippen LogP contribution >= 0.6 is 27.5 Å². The van der Waals surface area contributed by atoms with Crippen molar-refractivity contribution in [3.8, 4) is 5.75 Å². The number of esters is 1. The van der Waals surface area contributed by atoms with Crippen LogP contribution in [0.25, 0.3) is 0 Å². The van der Waals surface area contributed by atoms with Crippen LogP contribution in [0.2, 0.25) is 5.02 Å². The standard InChI is InChI=1S/C14H11BrClNO3/c1-19-14(18)9-2-4-11(17-7-9)8-20-13-5-3-10(16)6-12(13)15/h2-7H,8H2,1H3. The van der Waals surface area contributed by atoms with Crippen LogP contribution in [0.4, 0.5) is 0 Å². The molecule has 4 nitrogen and oxygen atoms in total. The third kappa shape index (κ3) is 3.71. The molecule has 0 saturated carbocycles. The maximum Gasteiger partial charge on any atom is 0.339 e. The summed E-state index contributed by atoms with van der Waals surface area (Å²) in [7, 11) is 1.33. The van der Waals surface area contributed by atoms with Gasteiger partial charge in [0.15, 0.2) is 0 Å². The Morgan fingerprint density at radius 1 is 1.35 bits per heavy atom. The maximum atomic E-state index is 11.3. The van der Waals surface area contributed by atoms with Gasteiger partial charge in [-0.1, -0.05) is 11.6 Å². The van der Waals surface area contributed by atoms with Crippen LogP contribution in [0.15, 0.2) is 41.0 Å². The molecule has 2 rings (SSSR count). The van der Waals surface area contributed by atoms with Gasteiger partial charge < -0.3 is 9.47 Å². The molecule has 0 saturated heterocycles. The molecule has 0 atom stereocenters. The van der Waals surface area contributed by atoms with Crippen molar-refractivity contribution in [1.82, 2.24) is 4.98 Å². The molecule has 1 aromatic heterocycles. The number of aromatic nitrogens is 1. The van der Waals surface area contributed by atoms with Crippen LogP contribution in [0.3, 0.4) is 0 Å². The van der Waals surface area contributed by atoms with Gasteiger partial charge in [0.1, 0.15) is 12.4 Å². The first-order valence-electron chi connectivity index (χ1n) is 5.71. The predicted octanol–water partition coefficient (Wildman–Crippen LogP) is 3.86. The Labute approximate surface area is 129 Å². The molecule has 0 aliphatic rings. The lowest BCUT2D eigenvalue weighted by atomic mass is 10.2. The molecular weight excluding hydrogens is 346 g/mol. The number of hydrogen-bond acceptors (Lipinski definition) is 4. The zero-order chi connectivity index (χ0) is 14.5. The van der Waals surface area contributed by atoms with Crippen molar-refractivity contribution in [2.45, 2.75) is 6.61 Å². The Hall–Kier alpha value is -1.59. The highest BCUT2D eigenvalue weighted by molar-refractivity contribution is 9.10. The number of methoxy groups -OCH3 is 1. The highest BCUT2D eigenvalue weighted by atomic mass is 79.9. The van der Waals surface area contributed by atoms with Crippen molar-refractivity contribution < 1.29 is 14.3 Å². The minimum atomic E-state index is -0.412. The molecule has 0 bridgehead atoms. The molecule has 0 N–H and O–H groups in total. The van der Waals surface area contributed by atoms with Crippen molar-refractivity contribution in [2.24, 2.45) is 0 Å². The Bertz CT molecular complexity index is 616. The van der Waals surface area contributed by atoms with E-state index in [4.69, 9.17) is 16.3 Å². The van der Waals surface area contributed by atoms with Gasteiger partial charge in [-0.05, 0) is 46.3 Å². The van der Waals surface area contributed by atoms with Crippen LogP contribution < -0.4 is 4.74 Å². The highest BCUT2D eigenvalue weighted by Crippen LogP contribution is 2.28. The lowest BCUT2D eigenvalue weighted by Gasteiger charge is -2.08. The molecule has 1 aromatic carbocycles. The minimum Gasteiger partial charge on any atom is -0.486 e. The van der Waals surface area contributed by atoms with Crippen LogP contribution in [0.5, 0.6) is 5.75 Å². The summed E-state index contributed by atoms with van der Waals surface area (Å²) in [5.74, 6) is 0.263. The summed E-state index contributed by atoms with van der Waals surface area (Å²) in [6.07, 6.45) is 1.46. The molecule has 1 heterocycles. The Kier molecular flexibility index (Phi) is 4.98. The average Bonchev–Trinajstić information content (AvgIpc) is 2.46. The summed E-state index contributed by atoms with van der Waals surface area (Å²) in [6, 6.07) is 8.64. The Morgan fingerprint density at radius 2 is 2.15 bits per heavy atom. The Balaban J connectivity index is 2.02. The summed E-state index contributed by atoms with van der Waals surface area (Å²) >= 11 is 9.22. The number of halogens is 2. The first-order valence-corrected chi connectivity index (χ1v) is 6.88. The average molecular weight is 357 g/mol. The summed E-state index contributed by atoms with van der Waals surface area (Å²) < 4.78 is 11.0. The molecule has 0 spiro atoms. The number of pyridine rings is 1. The van der Waals surface area contributed by atoms with E-state index in [-0.39, 0.29) is 0 Å². The van der Waals surface area contributed by atoms with E-state index in [0.717, 1.165) is 4.47 Å². The van der Waals surface area contributed by atoms with Gasteiger partial charge in [-0.15, -0.1) is 0 Å². The van der Waals surface area contributed by atoms with Crippen molar-refractivity contribution >= 4 is 33.5 Å². The lowest BCUT2D eigenvalue weighted by Crippen LogP contribution is -2.04. The molecule has 0 radical (unpaired) electrons. The summed E-state index contributed by atoms with van der Waals surface area (Å²) in [5, 5.41) is 0.629. The van der Waals surface area contributed by atoms with Crippen LogP contribution in [0.1, 0.15) is 16.1 Å². The molecule has 104 valence electrons. The van der Waals surface area contributed by atoms with E-state index in [1.54, 1.807) is 30.3 Å². The van der Waals surface area contributed by atoms with Crippen molar-refractivity contribution in [2.75, 3.05) is 7.11 Å². The van der Waals surface area contributed by atoms with E-state index in [1.807, 2.05) is 0 Å². The lowest BCUT2D eigenvalue weighted by molar-refractivity contribution is 0.0600. The smallest absolute Gasteiger partial charge is 0.339 e. The van der Waals surface area contributed by atoms with Crippen molar-refractivity contribution in [3.05, 3.63) is 57.3 Å². The first kappa shape index (κ1) is 14.8. The van der Waals surface area contributed by atoms with Gasteiger partial charge in [-0.2, -0.15) is 0 Å². The fourth-order valence-electron chi connectivity index (χ4n) is 1.49. The first-order chi connectivity index (χ1) is 9.60. The van der Waals surface area contributed by atoms with E-state index in [1.165, 1.54) is 13.3 Å². The predicted molar refractivity (Wildman–Crippen MR) is 79.1 cm³/mol. The number of ether oxygens (including phenoxy) is 2. The molecule has 6 heteroatoms. The van der Waals surface area contributed by atoms with E-state index >= 15 is 0 Å². The van der Waals surface area contributed by atoms with Gasteiger partial charge in [0.25, 0.3) is 0 Å². The van der Waals surface area contributed by atoms with Crippen molar-refractivity contribution in [3.63, 3.8) is 0 Å². The van der Waals surface area contributed by atoms with Gasteiger partial charge >= 0.3 is 5.97 Å². The molecule has 0 fully saturated rings. The number of hydrogen-bond donors (Lipinski definition) is 0. The zero-order valence-corrected chi connectivity index (χ0v) is 12.9. The largest absolute Gasteiger partial charge is 0.486 e. The summed E-state index contributed by atoms with van der Waals surface area (Å²) in [4.78, 5) is 15.4. The Morgan fingerprint density at radius 3 is 2.75 bits per heavy atom. The molecule has 2 aromatic rings. The van der Waals surface area contributed by atoms with Crippen molar-refractivity contribution in [1.29, 1.82) is 0 Å². The topological polar surface area (TPSA) is 48.4 Å². The molecular formula is C14H11BrClNO3. The molecule has 0 unspecified atom stereocenters. The minimum absolute atomic E-state index is 0.293. The second-order valence-corrected chi connectivity index (χ2v) is 5.18. The van der Waals surface area contributed by atoms with Gasteiger partial charge in [-0.3, -0.25) is 4.98 Å². The fraction of sp³-hybridized carbons (Fsp3) is 0.143. The molecule has 0 aliphatic heterocycles. The number of carbonyl (C=O) groups excluding carboxylic acids is 1. The van der Waals surface area contributed by atoms with Crippen LogP contribution in [-0.4, -0.2) is 18.1 Å². The molecule has 20 heavy (non-hydrogen) atoms. The van der Waals surface area contributed by atoms with Crippen LogP contribution in [0, 0.1) is 0 Å². The SMILES string of the molecule is COC(=O)c1ccc(COc2ccc(Cl)cc2Br)nc1. The van der Waals surface area contributed by atoms with Gasteiger partial charge in [0.05, 0.1) is 22.8 Å². The molecule has 0 aliphatic carbocycles. The van der Waals surface area contributed by atoms with E-state index < -0.39 is 5.97 Å². The quantitative estimate of drug-likeness (QED) is 0.781. The number of benzene rings is 1. The normalized spacial score (nSPS) is 10.2. The van der Waals surface area contributed by atoms with Crippen LogP contribution in [-0.2, 0) is 11.3 Å². The fourth-order valence-corrected chi connectivity index (χ4v) is 2.29. The summed E-state index contributed by atoms with van der Waals surface area (Å²) in [5.41, 5.74) is 1.11. The molecule has 0 amide bonds.